The summed E-state index contributed by atoms with van der Waals surface area (Å²) in [5.74, 6) is 0. The van der Waals surface area contributed by atoms with Crippen molar-refractivity contribution in [3.63, 3.8) is 0 Å². The molecular weight excluding hydrogens is 485 g/mol. The van der Waals surface area contributed by atoms with Gasteiger partial charge in [0, 0.05) is 9.92 Å². The fourth-order valence-corrected chi connectivity index (χ4v) is 10.0. The Bertz CT molecular complexity index is 1140. The molecule has 0 aliphatic rings. The molecule has 0 spiro atoms. The Labute approximate surface area is 209 Å². The van der Waals surface area contributed by atoms with Crippen molar-refractivity contribution in [2.24, 2.45) is 0 Å². The summed E-state index contributed by atoms with van der Waals surface area (Å²) < 4.78 is 0.731. The van der Waals surface area contributed by atoms with Crippen LogP contribution in [0.25, 0.3) is 0 Å². The third-order valence-electron chi connectivity index (χ3n) is 5.19. The molecule has 4 aromatic carbocycles. The van der Waals surface area contributed by atoms with Crippen LogP contribution in [0.2, 0.25) is 5.02 Å². The SMILES string of the molecule is O=CNC(=C(S)Sc1ccc(Cl)cc1)[P+](c1ccccc1)(c1ccccc1)c1ccccc1. The first kappa shape index (κ1) is 23.7. The number of benzene rings is 4. The normalized spacial score (nSPS) is 12.1. The Kier molecular flexibility index (Phi) is 7.95. The highest BCUT2D eigenvalue weighted by Crippen LogP contribution is 2.63. The van der Waals surface area contributed by atoms with E-state index in [1.165, 1.54) is 11.8 Å². The molecule has 0 aromatic heterocycles. The van der Waals surface area contributed by atoms with E-state index in [1.54, 1.807) is 0 Å². The van der Waals surface area contributed by atoms with Crippen molar-refractivity contribution in [3.8, 4) is 0 Å². The number of halogens is 1. The highest BCUT2D eigenvalue weighted by Gasteiger charge is 2.51. The Morgan fingerprint density at radius 3 is 1.55 bits per heavy atom. The number of thioether (sulfide) groups is 1. The lowest BCUT2D eigenvalue weighted by atomic mass is 10.4. The maximum Gasteiger partial charge on any atom is 0.214 e. The smallest absolute Gasteiger partial charge is 0.214 e. The Morgan fingerprint density at radius 1 is 0.727 bits per heavy atom. The zero-order valence-corrected chi connectivity index (χ0v) is 21.0. The molecule has 0 aliphatic carbocycles. The van der Waals surface area contributed by atoms with E-state index in [0.29, 0.717) is 5.02 Å². The maximum absolute atomic E-state index is 12.0. The van der Waals surface area contributed by atoms with Gasteiger partial charge in [0.25, 0.3) is 0 Å². The molecule has 0 radical (unpaired) electrons. The number of thiol groups is 1. The van der Waals surface area contributed by atoms with E-state index in [1.807, 2.05) is 78.9 Å². The second kappa shape index (κ2) is 11.1. The number of rotatable bonds is 8. The zero-order valence-electron chi connectivity index (χ0n) is 17.6. The third kappa shape index (κ3) is 5.05. The fourth-order valence-electron chi connectivity index (χ4n) is 3.81. The standard InChI is InChI=1S/C27H21ClNOPS2/c28-21-16-18-25(19-17-21)33-27(32)26(29-20-30)31(22-10-4-1-5-11-22,23-12-6-2-7-13-23)24-14-8-3-9-15-24/h1-20H,(H-,29,30,32)/p+1. The molecular formula is C27H22ClNOPS2+. The number of carbonyl (C=O) groups excluding carboxylic acids is 1. The van der Waals surface area contributed by atoms with Crippen LogP contribution in [0.15, 0.2) is 130 Å². The van der Waals surface area contributed by atoms with Crippen LogP contribution in [-0.4, -0.2) is 6.41 Å². The zero-order chi connectivity index (χ0) is 23.1. The molecule has 0 bridgehead atoms. The van der Waals surface area contributed by atoms with Gasteiger partial charge < -0.3 is 0 Å². The molecule has 0 atom stereocenters. The lowest BCUT2D eigenvalue weighted by Crippen LogP contribution is -2.36. The van der Waals surface area contributed by atoms with E-state index in [9.17, 15) is 4.79 Å². The average molecular weight is 507 g/mol. The molecule has 0 aliphatic heterocycles. The van der Waals surface area contributed by atoms with Crippen LogP contribution in [-0.2, 0) is 4.79 Å². The van der Waals surface area contributed by atoms with E-state index < -0.39 is 7.26 Å². The van der Waals surface area contributed by atoms with E-state index in [-0.39, 0.29) is 0 Å². The molecule has 1 N–H and O–H groups in total. The topological polar surface area (TPSA) is 29.1 Å². The second-order valence-electron chi connectivity index (χ2n) is 7.15. The number of hydrogen-bond acceptors (Lipinski definition) is 3. The first-order valence-corrected chi connectivity index (χ1v) is 13.7. The lowest BCUT2D eigenvalue weighted by molar-refractivity contribution is -0.108. The molecule has 2 nitrogen and oxygen atoms in total. The lowest BCUT2D eigenvalue weighted by Gasteiger charge is -2.29. The molecule has 4 aromatic rings. The Morgan fingerprint density at radius 2 is 1.15 bits per heavy atom. The summed E-state index contributed by atoms with van der Waals surface area (Å²) in [6.07, 6.45) is 0.748. The summed E-state index contributed by atoms with van der Waals surface area (Å²) in [5, 5.41) is 7.15. The van der Waals surface area contributed by atoms with E-state index in [4.69, 9.17) is 24.2 Å². The summed E-state index contributed by atoms with van der Waals surface area (Å²) in [5.41, 5.74) is 0.796. The Balaban J connectivity index is 2.05. The monoisotopic (exact) mass is 506 g/mol. The van der Waals surface area contributed by atoms with Crippen molar-refractivity contribution in [2.75, 3.05) is 0 Å². The molecule has 0 saturated heterocycles. The van der Waals surface area contributed by atoms with Crippen LogP contribution in [0.5, 0.6) is 0 Å². The minimum absolute atomic E-state index is 0.676. The Hall–Kier alpha value is -2.49. The van der Waals surface area contributed by atoms with Crippen LogP contribution in [0.3, 0.4) is 0 Å². The van der Waals surface area contributed by atoms with Gasteiger partial charge >= 0.3 is 0 Å². The van der Waals surface area contributed by atoms with Crippen molar-refractivity contribution in [1.82, 2.24) is 5.32 Å². The van der Waals surface area contributed by atoms with Crippen LogP contribution in [0.4, 0.5) is 0 Å². The molecule has 164 valence electrons. The number of amides is 1. The quantitative estimate of drug-likeness (QED) is 0.128. The number of nitrogens with one attached hydrogen (secondary N) is 1. The highest BCUT2D eigenvalue weighted by molar-refractivity contribution is 8.16. The van der Waals surface area contributed by atoms with Gasteiger partial charge in [-0.25, -0.2) is 0 Å². The van der Waals surface area contributed by atoms with Gasteiger partial charge in [0.15, 0.2) is 12.7 Å². The van der Waals surface area contributed by atoms with Crippen molar-refractivity contribution >= 4 is 65.6 Å². The van der Waals surface area contributed by atoms with Gasteiger partial charge in [0.1, 0.15) is 20.2 Å². The largest absolute Gasteiger partial charge is 0.297 e. The average Bonchev–Trinajstić information content (AvgIpc) is 2.87. The minimum Gasteiger partial charge on any atom is -0.297 e. The van der Waals surface area contributed by atoms with Crippen molar-refractivity contribution in [3.05, 3.63) is 130 Å². The predicted octanol–water partition coefficient (Wildman–Crippen LogP) is 6.23. The number of hydrogen-bond donors (Lipinski definition) is 2. The van der Waals surface area contributed by atoms with Gasteiger partial charge in [-0.1, -0.05) is 78.0 Å². The maximum atomic E-state index is 12.0. The molecule has 6 heteroatoms. The molecule has 0 fully saturated rings. The fraction of sp³-hybridized carbons (Fsp3) is 0. The summed E-state index contributed by atoms with van der Waals surface area (Å²) in [6, 6.07) is 38.7. The van der Waals surface area contributed by atoms with Gasteiger partial charge in [-0.15, -0.1) is 12.6 Å². The van der Waals surface area contributed by atoms with E-state index in [0.717, 1.165) is 36.9 Å². The summed E-state index contributed by atoms with van der Waals surface area (Å²) in [6.45, 7) is 0. The number of carbonyl (C=O) groups is 1. The molecule has 0 unspecified atom stereocenters. The van der Waals surface area contributed by atoms with Gasteiger partial charge in [-0.2, -0.15) is 0 Å². The van der Waals surface area contributed by atoms with Gasteiger partial charge in [-0.3, -0.25) is 10.1 Å². The van der Waals surface area contributed by atoms with Crippen LogP contribution < -0.4 is 21.2 Å². The molecule has 33 heavy (non-hydrogen) atoms. The van der Waals surface area contributed by atoms with Crippen LogP contribution >= 0.6 is 43.3 Å². The van der Waals surface area contributed by atoms with Crippen molar-refractivity contribution < 1.29 is 4.79 Å². The van der Waals surface area contributed by atoms with Crippen LogP contribution in [0.1, 0.15) is 0 Å². The molecule has 0 heterocycles. The molecule has 4 rings (SSSR count). The summed E-state index contributed by atoms with van der Waals surface area (Å²) >= 11 is 12.5. The first-order valence-electron chi connectivity index (χ1n) is 10.3. The summed E-state index contributed by atoms with van der Waals surface area (Å²) in [7, 11) is -2.47. The highest BCUT2D eigenvalue weighted by atomic mass is 35.5. The van der Waals surface area contributed by atoms with Crippen LogP contribution in [0, 0.1) is 0 Å². The molecule has 1 amide bonds. The van der Waals surface area contributed by atoms with Crippen molar-refractivity contribution in [1.29, 1.82) is 0 Å². The minimum atomic E-state index is -2.47. The van der Waals surface area contributed by atoms with Gasteiger partial charge in [0.05, 0.1) is 0 Å². The third-order valence-corrected chi connectivity index (χ3v) is 11.4. The van der Waals surface area contributed by atoms with Crippen molar-refractivity contribution in [2.45, 2.75) is 4.90 Å². The predicted molar refractivity (Wildman–Crippen MR) is 148 cm³/mol. The van der Waals surface area contributed by atoms with E-state index in [2.05, 4.69) is 41.7 Å². The summed E-state index contributed by atoms with van der Waals surface area (Å²) in [4.78, 5) is 13.0. The first-order chi connectivity index (χ1) is 16.2. The molecule has 0 saturated carbocycles. The van der Waals surface area contributed by atoms with Gasteiger partial charge in [-0.05, 0) is 60.7 Å². The van der Waals surface area contributed by atoms with Gasteiger partial charge in [0.2, 0.25) is 6.41 Å². The second-order valence-corrected chi connectivity index (χ2v) is 12.8. The van der Waals surface area contributed by atoms with E-state index >= 15 is 0 Å².